The minimum Gasteiger partial charge on any atom is -0.307 e. The van der Waals surface area contributed by atoms with Crippen molar-refractivity contribution in [3.8, 4) is 0 Å². The average Bonchev–Trinajstić information content (AvgIpc) is 2.81. The van der Waals surface area contributed by atoms with Gasteiger partial charge in [-0.3, -0.25) is 0 Å². The molecule has 1 aliphatic heterocycles. The van der Waals surface area contributed by atoms with Crippen molar-refractivity contribution in [2.75, 3.05) is 19.6 Å². The third-order valence-electron chi connectivity index (χ3n) is 3.82. The molecule has 1 aromatic rings. The lowest BCUT2D eigenvalue weighted by Gasteiger charge is -2.22. The Morgan fingerprint density at radius 1 is 1.44 bits per heavy atom. The van der Waals surface area contributed by atoms with Gasteiger partial charge < -0.3 is 10.2 Å². The molecule has 18 heavy (non-hydrogen) atoms. The smallest absolute Gasteiger partial charge is 0.0388 e. The third kappa shape index (κ3) is 4.08. The minimum absolute atomic E-state index is 0.507. The molecule has 102 valence electrons. The molecule has 0 radical (unpaired) electrons. The third-order valence-corrected chi connectivity index (χ3v) is 4.87. The topological polar surface area (TPSA) is 15.3 Å². The fourth-order valence-corrected chi connectivity index (χ4v) is 3.58. The highest BCUT2D eigenvalue weighted by Gasteiger charge is 2.18. The Hall–Kier alpha value is -0.380. The van der Waals surface area contributed by atoms with Gasteiger partial charge in [0.1, 0.15) is 0 Å². The van der Waals surface area contributed by atoms with E-state index in [1.807, 2.05) is 11.3 Å². The Labute approximate surface area is 115 Å². The van der Waals surface area contributed by atoms with Gasteiger partial charge in [0.2, 0.25) is 0 Å². The summed E-state index contributed by atoms with van der Waals surface area (Å²) in [5, 5.41) is 5.98. The van der Waals surface area contributed by atoms with E-state index in [0.717, 1.165) is 0 Å². The molecule has 1 aromatic heterocycles. The summed E-state index contributed by atoms with van der Waals surface area (Å²) < 4.78 is 0. The van der Waals surface area contributed by atoms with E-state index in [-0.39, 0.29) is 0 Å². The maximum absolute atomic E-state index is 3.81. The first-order valence-corrected chi connectivity index (χ1v) is 8.19. The van der Waals surface area contributed by atoms with Gasteiger partial charge in [-0.25, -0.2) is 0 Å². The van der Waals surface area contributed by atoms with Crippen LogP contribution >= 0.6 is 11.3 Å². The summed E-state index contributed by atoms with van der Waals surface area (Å²) in [4.78, 5) is 4.09. The van der Waals surface area contributed by atoms with Crippen LogP contribution in [0.15, 0.2) is 17.5 Å². The van der Waals surface area contributed by atoms with Crippen LogP contribution in [0.3, 0.4) is 0 Å². The summed E-state index contributed by atoms with van der Waals surface area (Å²) in [6, 6.07) is 5.59. The van der Waals surface area contributed by atoms with Crippen LogP contribution in [0.25, 0.3) is 0 Å². The number of nitrogens with one attached hydrogen (secondary N) is 1. The van der Waals surface area contributed by atoms with E-state index >= 15 is 0 Å². The van der Waals surface area contributed by atoms with Gasteiger partial charge in [-0.05, 0) is 63.7 Å². The second-order valence-corrected chi connectivity index (χ2v) is 6.35. The van der Waals surface area contributed by atoms with E-state index in [4.69, 9.17) is 0 Å². The van der Waals surface area contributed by atoms with E-state index in [1.165, 1.54) is 50.2 Å². The van der Waals surface area contributed by atoms with Crippen molar-refractivity contribution in [2.45, 2.75) is 51.6 Å². The zero-order valence-corrected chi connectivity index (χ0v) is 12.5. The van der Waals surface area contributed by atoms with Gasteiger partial charge >= 0.3 is 0 Å². The number of thiophene rings is 1. The van der Waals surface area contributed by atoms with Crippen molar-refractivity contribution < 1.29 is 0 Å². The highest BCUT2D eigenvalue weighted by atomic mass is 32.1. The van der Waals surface area contributed by atoms with Crippen LogP contribution in [-0.4, -0.2) is 30.6 Å². The lowest BCUT2D eigenvalue weighted by atomic mass is 10.1. The van der Waals surface area contributed by atoms with Crippen LogP contribution in [0.4, 0.5) is 0 Å². The molecular weight excluding hydrogens is 240 g/mol. The van der Waals surface area contributed by atoms with Gasteiger partial charge in [0.15, 0.2) is 0 Å². The Bertz CT molecular complexity index is 323. The fraction of sp³-hybridized carbons (Fsp3) is 0.733. The molecule has 2 atom stereocenters. The number of hydrogen-bond acceptors (Lipinski definition) is 3. The average molecular weight is 266 g/mol. The van der Waals surface area contributed by atoms with Crippen LogP contribution in [0, 0.1) is 0 Å². The van der Waals surface area contributed by atoms with Crippen molar-refractivity contribution in [3.05, 3.63) is 22.4 Å². The van der Waals surface area contributed by atoms with Crippen LogP contribution in [-0.2, 0) is 0 Å². The lowest BCUT2D eigenvalue weighted by molar-refractivity contribution is 0.281. The van der Waals surface area contributed by atoms with E-state index in [0.29, 0.717) is 12.1 Å². The normalized spacial score (nSPS) is 23.8. The highest BCUT2D eigenvalue weighted by molar-refractivity contribution is 7.10. The minimum atomic E-state index is 0.507. The number of nitrogens with zero attached hydrogens (tertiary/aromatic N) is 1. The predicted molar refractivity (Wildman–Crippen MR) is 80.2 cm³/mol. The molecule has 1 N–H and O–H groups in total. The molecule has 0 aromatic carbocycles. The maximum Gasteiger partial charge on any atom is 0.0388 e. The quantitative estimate of drug-likeness (QED) is 0.875. The molecule has 1 saturated heterocycles. The predicted octanol–water partition coefficient (Wildman–Crippen LogP) is 3.66. The molecular formula is C15H26N2S. The van der Waals surface area contributed by atoms with Crippen molar-refractivity contribution in [2.24, 2.45) is 0 Å². The summed E-state index contributed by atoms with van der Waals surface area (Å²) in [5.74, 6) is 0. The standard InChI is InChI=1S/C15H26N2S/c1-3-9-17-10-4-6-14(8-11-17)16-13(2)15-7-5-12-18-15/h5,7,12-14,16H,3-4,6,8-11H2,1-2H3/t13-,14?/m1/s1. The molecule has 0 spiro atoms. The largest absolute Gasteiger partial charge is 0.307 e. The first kappa shape index (κ1) is 14.0. The molecule has 2 rings (SSSR count). The first-order chi connectivity index (χ1) is 8.79. The zero-order valence-electron chi connectivity index (χ0n) is 11.7. The Morgan fingerprint density at radius 2 is 2.33 bits per heavy atom. The summed E-state index contributed by atoms with van der Waals surface area (Å²) in [7, 11) is 0. The molecule has 0 amide bonds. The summed E-state index contributed by atoms with van der Waals surface area (Å²) in [5.41, 5.74) is 0. The lowest BCUT2D eigenvalue weighted by Crippen LogP contribution is -2.32. The molecule has 2 heterocycles. The molecule has 0 aliphatic carbocycles. The Balaban J connectivity index is 1.79. The molecule has 3 heteroatoms. The SMILES string of the molecule is CCCN1CCCC(N[C@H](C)c2cccs2)CC1. The Kier molecular flexibility index (Phi) is 5.67. The molecule has 1 aliphatic rings. The number of rotatable bonds is 5. The van der Waals surface area contributed by atoms with Crippen molar-refractivity contribution >= 4 is 11.3 Å². The summed E-state index contributed by atoms with van der Waals surface area (Å²) >= 11 is 1.86. The van der Waals surface area contributed by atoms with E-state index in [1.54, 1.807) is 0 Å². The number of hydrogen-bond donors (Lipinski definition) is 1. The maximum atomic E-state index is 3.81. The van der Waals surface area contributed by atoms with E-state index < -0.39 is 0 Å². The molecule has 0 bridgehead atoms. The van der Waals surface area contributed by atoms with Crippen molar-refractivity contribution in [3.63, 3.8) is 0 Å². The number of likely N-dealkylation sites (tertiary alicyclic amines) is 1. The van der Waals surface area contributed by atoms with Gasteiger partial charge in [0.25, 0.3) is 0 Å². The van der Waals surface area contributed by atoms with Crippen LogP contribution in [0.1, 0.15) is 50.4 Å². The van der Waals surface area contributed by atoms with Gasteiger partial charge in [-0.15, -0.1) is 11.3 Å². The van der Waals surface area contributed by atoms with Crippen LogP contribution in [0.2, 0.25) is 0 Å². The van der Waals surface area contributed by atoms with E-state index in [2.05, 4.69) is 41.6 Å². The second-order valence-electron chi connectivity index (χ2n) is 5.37. The molecule has 0 saturated carbocycles. The van der Waals surface area contributed by atoms with Gasteiger partial charge in [0.05, 0.1) is 0 Å². The van der Waals surface area contributed by atoms with Crippen LogP contribution in [0.5, 0.6) is 0 Å². The van der Waals surface area contributed by atoms with Gasteiger partial charge in [-0.2, -0.15) is 0 Å². The molecule has 1 fully saturated rings. The molecule has 1 unspecified atom stereocenters. The van der Waals surface area contributed by atoms with E-state index in [9.17, 15) is 0 Å². The second kappa shape index (κ2) is 7.27. The summed E-state index contributed by atoms with van der Waals surface area (Å²) in [6.45, 7) is 8.40. The van der Waals surface area contributed by atoms with Gasteiger partial charge in [-0.1, -0.05) is 13.0 Å². The summed E-state index contributed by atoms with van der Waals surface area (Å²) in [6.07, 6.45) is 5.25. The van der Waals surface area contributed by atoms with Crippen molar-refractivity contribution in [1.82, 2.24) is 10.2 Å². The fourth-order valence-electron chi connectivity index (χ4n) is 2.84. The first-order valence-electron chi connectivity index (χ1n) is 7.31. The zero-order chi connectivity index (χ0) is 12.8. The van der Waals surface area contributed by atoms with Gasteiger partial charge in [0, 0.05) is 17.0 Å². The monoisotopic (exact) mass is 266 g/mol. The highest BCUT2D eigenvalue weighted by Crippen LogP contribution is 2.21. The Morgan fingerprint density at radius 3 is 3.06 bits per heavy atom. The van der Waals surface area contributed by atoms with Crippen molar-refractivity contribution in [1.29, 1.82) is 0 Å². The van der Waals surface area contributed by atoms with Crippen LogP contribution < -0.4 is 5.32 Å². The molecule has 2 nitrogen and oxygen atoms in total.